The number of nitrogens with zero attached hydrogens (tertiary/aromatic N) is 3. The van der Waals surface area contributed by atoms with Crippen molar-refractivity contribution in [3.8, 4) is 0 Å². The van der Waals surface area contributed by atoms with Crippen LogP contribution in [0.4, 0.5) is 17.1 Å². The van der Waals surface area contributed by atoms with Crippen molar-refractivity contribution in [2.75, 3.05) is 16.8 Å². The predicted octanol–water partition coefficient (Wildman–Crippen LogP) is 5.74. The Balaban J connectivity index is 1.36. The van der Waals surface area contributed by atoms with Gasteiger partial charge in [-0.05, 0) is 55.0 Å². The first-order chi connectivity index (χ1) is 22.5. The standard InChI is InChI=1S/C31H22Cl2N4O8S2/c1-2-45-30(41)15-6-8-16(9-7-15)34-21(38)14-35-29-26(47-31(35)42)22(19-4-3-5-20(32)24(19)33)23-25(46-29)28(40)36(27(23)39)17-10-12-18(13-11-17)37(43)44/h3-13,22-23,25H,2,14H2,1H3,(H,34,38)/t22-,23-,25+/m0/s1. The maximum Gasteiger partial charge on any atom is 0.338 e. The van der Waals surface area contributed by atoms with Gasteiger partial charge in [0.1, 0.15) is 11.8 Å². The number of aromatic nitrogens is 1. The minimum atomic E-state index is -1.01. The highest BCUT2D eigenvalue weighted by Gasteiger charge is 2.57. The molecule has 0 unspecified atom stereocenters. The second-order valence-electron chi connectivity index (χ2n) is 10.4. The molecule has 4 aromatic rings. The largest absolute Gasteiger partial charge is 0.462 e. The van der Waals surface area contributed by atoms with Gasteiger partial charge < -0.3 is 10.1 Å². The summed E-state index contributed by atoms with van der Waals surface area (Å²) in [7, 11) is 0. The number of amides is 3. The molecule has 0 bridgehead atoms. The molecule has 16 heteroatoms. The third-order valence-corrected chi connectivity index (χ3v) is 11.1. The van der Waals surface area contributed by atoms with Gasteiger partial charge in [0, 0.05) is 28.6 Å². The van der Waals surface area contributed by atoms with Crippen LogP contribution in [-0.4, -0.2) is 45.0 Å². The highest BCUT2D eigenvalue weighted by Crippen LogP contribution is 2.55. The van der Waals surface area contributed by atoms with E-state index in [1.165, 1.54) is 53.1 Å². The maximum atomic E-state index is 14.0. The van der Waals surface area contributed by atoms with E-state index in [0.717, 1.165) is 28.0 Å². The van der Waals surface area contributed by atoms with Gasteiger partial charge in [-0.1, -0.05) is 58.4 Å². The molecule has 1 N–H and O–H groups in total. The van der Waals surface area contributed by atoms with Gasteiger partial charge in [0.15, 0.2) is 0 Å². The number of carbonyl (C=O) groups excluding carboxylic acids is 4. The number of nitro benzene ring substituents is 1. The number of thioether (sulfide) groups is 1. The van der Waals surface area contributed by atoms with Crippen LogP contribution < -0.4 is 15.1 Å². The van der Waals surface area contributed by atoms with E-state index in [1.807, 2.05) is 0 Å². The number of imide groups is 1. The van der Waals surface area contributed by atoms with Gasteiger partial charge in [-0.2, -0.15) is 0 Å². The Kier molecular flexibility index (Phi) is 8.94. The Bertz CT molecular complexity index is 2010. The van der Waals surface area contributed by atoms with Crippen LogP contribution in [0.3, 0.4) is 0 Å². The van der Waals surface area contributed by atoms with Crippen LogP contribution in [0.1, 0.15) is 33.6 Å². The van der Waals surface area contributed by atoms with E-state index in [-0.39, 0.29) is 28.0 Å². The number of non-ortho nitro benzene ring substituents is 1. The van der Waals surface area contributed by atoms with Crippen molar-refractivity contribution >= 4 is 87.1 Å². The molecule has 47 heavy (non-hydrogen) atoms. The van der Waals surface area contributed by atoms with E-state index in [4.69, 9.17) is 27.9 Å². The average molecular weight is 714 g/mol. The third kappa shape index (κ3) is 5.93. The Labute approximate surface area is 284 Å². The van der Waals surface area contributed by atoms with Crippen LogP contribution in [-0.2, 0) is 25.7 Å². The van der Waals surface area contributed by atoms with E-state index in [9.17, 15) is 34.1 Å². The summed E-state index contributed by atoms with van der Waals surface area (Å²) in [4.78, 5) is 78.0. The van der Waals surface area contributed by atoms with E-state index < -0.39 is 57.1 Å². The van der Waals surface area contributed by atoms with Crippen LogP contribution in [0.5, 0.6) is 0 Å². The molecular weight excluding hydrogens is 691 g/mol. The number of nitrogens with one attached hydrogen (secondary N) is 1. The van der Waals surface area contributed by atoms with Gasteiger partial charge >= 0.3 is 10.8 Å². The number of rotatable bonds is 8. The zero-order chi connectivity index (χ0) is 33.6. The van der Waals surface area contributed by atoms with Crippen molar-refractivity contribution in [3.05, 3.63) is 113 Å². The number of hydrogen-bond donors (Lipinski definition) is 1. The molecule has 0 saturated carbocycles. The molecule has 0 aliphatic carbocycles. The van der Waals surface area contributed by atoms with E-state index >= 15 is 0 Å². The third-order valence-electron chi connectivity index (χ3n) is 7.67. The molecule has 2 aliphatic rings. The van der Waals surface area contributed by atoms with Crippen LogP contribution in [0.25, 0.3) is 0 Å². The number of anilines is 2. The Morgan fingerprint density at radius 3 is 2.36 bits per heavy atom. The number of benzene rings is 3. The summed E-state index contributed by atoms with van der Waals surface area (Å²) >= 11 is 14.9. The number of halogens is 2. The SMILES string of the molecule is CCOC(=O)c1ccc(NC(=O)Cn2c3c(sc2=O)[C@@H](c2cccc(Cl)c2Cl)[C@@H]2C(=O)N(c4ccc([N+](=O)[O-])cc4)C(=O)[C@@H]2S3)cc1. The fourth-order valence-electron chi connectivity index (χ4n) is 5.58. The minimum absolute atomic E-state index is 0.154. The second kappa shape index (κ2) is 13.0. The molecule has 240 valence electrons. The average Bonchev–Trinajstić information content (AvgIpc) is 3.49. The molecule has 6 rings (SSSR count). The Morgan fingerprint density at radius 1 is 1.00 bits per heavy atom. The minimum Gasteiger partial charge on any atom is -0.462 e. The lowest BCUT2D eigenvalue weighted by Gasteiger charge is -2.31. The lowest BCUT2D eigenvalue weighted by atomic mass is 9.83. The molecule has 12 nitrogen and oxygen atoms in total. The summed E-state index contributed by atoms with van der Waals surface area (Å²) in [5.74, 6) is -4.05. The lowest BCUT2D eigenvalue weighted by molar-refractivity contribution is -0.384. The zero-order valence-corrected chi connectivity index (χ0v) is 27.3. The predicted molar refractivity (Wildman–Crippen MR) is 177 cm³/mol. The monoisotopic (exact) mass is 712 g/mol. The number of nitro groups is 1. The molecule has 0 radical (unpaired) electrons. The van der Waals surface area contributed by atoms with Gasteiger partial charge in [0.25, 0.3) is 5.69 Å². The highest BCUT2D eigenvalue weighted by atomic mass is 35.5. The summed E-state index contributed by atoms with van der Waals surface area (Å²) < 4.78 is 6.23. The van der Waals surface area contributed by atoms with Gasteiger partial charge in [0.2, 0.25) is 17.7 Å². The van der Waals surface area contributed by atoms with Gasteiger partial charge in [0.05, 0.1) is 43.8 Å². The topological polar surface area (TPSA) is 158 Å². The van der Waals surface area contributed by atoms with E-state index in [0.29, 0.717) is 26.7 Å². The van der Waals surface area contributed by atoms with Crippen molar-refractivity contribution in [2.24, 2.45) is 5.92 Å². The maximum absolute atomic E-state index is 14.0. The lowest BCUT2D eigenvalue weighted by Crippen LogP contribution is -2.33. The summed E-state index contributed by atoms with van der Waals surface area (Å²) in [6, 6.07) is 16.0. The Hall–Kier alpha value is -4.50. The number of hydrogen-bond acceptors (Lipinski definition) is 10. The molecule has 1 saturated heterocycles. The quantitative estimate of drug-likeness (QED) is 0.104. The molecule has 0 spiro atoms. The molecule has 3 heterocycles. The van der Waals surface area contributed by atoms with Crippen molar-refractivity contribution in [1.29, 1.82) is 0 Å². The summed E-state index contributed by atoms with van der Waals surface area (Å²) in [5, 5.41) is 13.6. The van der Waals surface area contributed by atoms with E-state index in [2.05, 4.69) is 5.32 Å². The summed E-state index contributed by atoms with van der Waals surface area (Å²) in [5.41, 5.74) is 1.07. The molecule has 1 fully saturated rings. The highest BCUT2D eigenvalue weighted by molar-refractivity contribution is 8.00. The zero-order valence-electron chi connectivity index (χ0n) is 24.2. The molecular formula is C31H22Cl2N4O8S2. The fraction of sp³-hybridized carbons (Fsp3) is 0.194. The van der Waals surface area contributed by atoms with Crippen LogP contribution in [0.15, 0.2) is 76.6 Å². The van der Waals surface area contributed by atoms with Crippen molar-refractivity contribution in [1.82, 2.24) is 4.57 Å². The number of esters is 1. The van der Waals surface area contributed by atoms with Gasteiger partial charge in [-0.15, -0.1) is 0 Å². The molecule has 1 aromatic heterocycles. The van der Waals surface area contributed by atoms with E-state index in [1.54, 1.807) is 25.1 Å². The smallest absolute Gasteiger partial charge is 0.338 e. The number of ether oxygens (including phenoxy) is 1. The fourth-order valence-corrected chi connectivity index (χ4v) is 8.77. The second-order valence-corrected chi connectivity index (χ2v) is 13.3. The van der Waals surface area contributed by atoms with Gasteiger partial charge in [-0.25, -0.2) is 9.69 Å². The summed E-state index contributed by atoms with van der Waals surface area (Å²) in [6.07, 6.45) is 0. The van der Waals surface area contributed by atoms with Crippen LogP contribution in [0.2, 0.25) is 10.0 Å². The number of fused-ring (bicyclic) bond motifs is 2. The summed E-state index contributed by atoms with van der Waals surface area (Å²) in [6.45, 7) is 1.51. The molecule has 3 aromatic carbocycles. The van der Waals surface area contributed by atoms with Crippen molar-refractivity contribution in [3.63, 3.8) is 0 Å². The normalized spacial score (nSPS) is 18.4. The van der Waals surface area contributed by atoms with Crippen molar-refractivity contribution in [2.45, 2.75) is 29.7 Å². The van der Waals surface area contributed by atoms with Crippen LogP contribution in [0, 0.1) is 16.0 Å². The number of thiazole rings is 1. The first-order valence-corrected chi connectivity index (χ1v) is 16.5. The first kappa shape index (κ1) is 32.4. The van der Waals surface area contributed by atoms with Crippen molar-refractivity contribution < 1.29 is 28.8 Å². The Morgan fingerprint density at radius 2 is 1.70 bits per heavy atom. The first-order valence-electron chi connectivity index (χ1n) is 14.0. The number of carbonyl (C=O) groups is 4. The van der Waals surface area contributed by atoms with Crippen LogP contribution >= 0.6 is 46.3 Å². The molecule has 3 atom stereocenters. The van der Waals surface area contributed by atoms with Gasteiger partial charge in [-0.3, -0.25) is 33.9 Å². The molecule has 3 amide bonds. The molecule has 2 aliphatic heterocycles.